The van der Waals surface area contributed by atoms with Gasteiger partial charge in [0.05, 0.1) is 0 Å². The van der Waals surface area contributed by atoms with Crippen molar-refractivity contribution in [3.05, 3.63) is 34.9 Å². The Morgan fingerprint density at radius 2 is 2.13 bits per heavy atom. The summed E-state index contributed by atoms with van der Waals surface area (Å²) in [5, 5.41) is 9.09. The third-order valence-corrected chi connectivity index (χ3v) is 5.83. The number of nitrogens with zero attached hydrogens (tertiary/aromatic N) is 1. The number of rotatable bonds is 7. The number of aliphatic carboxylic acids is 1. The standard InChI is InChI=1S/C16H24N2O4S/c1-12-7-8-14(13(2)11-12)5-3-9-17-23(21,22)18-10-4-6-15(18)16(19)20/h7-8,11,15,17H,3-6,9-10H2,1-2H3,(H,19,20). The molecule has 1 aliphatic heterocycles. The first kappa shape index (κ1) is 17.9. The van der Waals surface area contributed by atoms with Crippen LogP contribution in [0, 0.1) is 13.8 Å². The molecular weight excluding hydrogens is 316 g/mol. The Morgan fingerprint density at radius 1 is 1.39 bits per heavy atom. The fourth-order valence-corrected chi connectivity index (χ4v) is 4.43. The van der Waals surface area contributed by atoms with Crippen molar-refractivity contribution >= 4 is 16.2 Å². The van der Waals surface area contributed by atoms with Gasteiger partial charge in [-0.25, -0.2) is 4.72 Å². The van der Waals surface area contributed by atoms with Crippen LogP contribution < -0.4 is 4.72 Å². The monoisotopic (exact) mass is 340 g/mol. The minimum absolute atomic E-state index is 0.267. The molecule has 1 aromatic carbocycles. The lowest BCUT2D eigenvalue weighted by molar-refractivity contribution is -0.140. The van der Waals surface area contributed by atoms with Crippen molar-refractivity contribution in [2.24, 2.45) is 0 Å². The molecule has 1 unspecified atom stereocenters. The lowest BCUT2D eigenvalue weighted by atomic mass is 10.0. The Labute approximate surface area is 137 Å². The summed E-state index contributed by atoms with van der Waals surface area (Å²) in [7, 11) is -3.72. The van der Waals surface area contributed by atoms with Crippen LogP contribution in [0.5, 0.6) is 0 Å². The number of nitrogens with one attached hydrogen (secondary N) is 1. The molecular formula is C16H24N2O4S. The summed E-state index contributed by atoms with van der Waals surface area (Å²) >= 11 is 0. The average Bonchev–Trinajstić information content (AvgIpc) is 2.96. The molecule has 6 nitrogen and oxygen atoms in total. The first-order valence-corrected chi connectivity index (χ1v) is 9.30. The minimum atomic E-state index is -3.72. The van der Waals surface area contributed by atoms with Crippen LogP contribution in [0.3, 0.4) is 0 Å². The van der Waals surface area contributed by atoms with Gasteiger partial charge in [0.2, 0.25) is 0 Å². The Bertz CT molecular complexity index is 673. The van der Waals surface area contributed by atoms with Gasteiger partial charge in [-0.3, -0.25) is 4.79 Å². The van der Waals surface area contributed by atoms with Crippen LogP contribution in [0.15, 0.2) is 18.2 Å². The van der Waals surface area contributed by atoms with Crippen molar-refractivity contribution in [2.45, 2.75) is 45.6 Å². The van der Waals surface area contributed by atoms with E-state index in [9.17, 15) is 13.2 Å². The van der Waals surface area contributed by atoms with Crippen molar-refractivity contribution < 1.29 is 18.3 Å². The molecule has 0 amide bonds. The number of carboxylic acid groups (broad SMARTS) is 1. The molecule has 0 bridgehead atoms. The minimum Gasteiger partial charge on any atom is -0.480 e. The van der Waals surface area contributed by atoms with Gasteiger partial charge in [0, 0.05) is 13.1 Å². The third-order valence-electron chi connectivity index (χ3n) is 4.20. The molecule has 1 atom stereocenters. The maximum absolute atomic E-state index is 12.2. The molecule has 7 heteroatoms. The van der Waals surface area contributed by atoms with Gasteiger partial charge in [-0.15, -0.1) is 0 Å². The first-order valence-electron chi connectivity index (χ1n) is 7.86. The quantitative estimate of drug-likeness (QED) is 0.739. The van der Waals surface area contributed by atoms with Crippen LogP contribution in [0.4, 0.5) is 0 Å². The van der Waals surface area contributed by atoms with E-state index in [2.05, 4.69) is 16.9 Å². The molecule has 0 aromatic heterocycles. The molecule has 0 radical (unpaired) electrons. The van der Waals surface area contributed by atoms with E-state index in [1.165, 1.54) is 16.7 Å². The highest BCUT2D eigenvalue weighted by Gasteiger charge is 2.38. The smallest absolute Gasteiger partial charge is 0.322 e. The second-order valence-electron chi connectivity index (χ2n) is 6.04. The summed E-state index contributed by atoms with van der Waals surface area (Å²) in [5.41, 5.74) is 3.62. The SMILES string of the molecule is Cc1ccc(CCCNS(=O)(=O)N2CCCC2C(=O)O)c(C)c1. The molecule has 0 saturated carbocycles. The molecule has 2 N–H and O–H groups in total. The first-order chi connectivity index (χ1) is 10.8. The van der Waals surface area contributed by atoms with Crippen LogP contribution in [-0.4, -0.2) is 42.9 Å². The second kappa shape index (κ2) is 7.42. The van der Waals surface area contributed by atoms with E-state index >= 15 is 0 Å². The van der Waals surface area contributed by atoms with Gasteiger partial charge in [0.15, 0.2) is 0 Å². The van der Waals surface area contributed by atoms with Gasteiger partial charge >= 0.3 is 5.97 Å². The summed E-state index contributed by atoms with van der Waals surface area (Å²) in [4.78, 5) is 11.1. The van der Waals surface area contributed by atoms with Gasteiger partial charge in [0.25, 0.3) is 10.2 Å². The Balaban J connectivity index is 1.86. The van der Waals surface area contributed by atoms with Crippen molar-refractivity contribution in [1.82, 2.24) is 9.03 Å². The summed E-state index contributed by atoms with van der Waals surface area (Å²) < 4.78 is 28.0. The van der Waals surface area contributed by atoms with E-state index in [1.807, 2.05) is 19.9 Å². The Morgan fingerprint density at radius 3 is 2.78 bits per heavy atom. The topological polar surface area (TPSA) is 86.7 Å². The molecule has 1 saturated heterocycles. The lowest BCUT2D eigenvalue weighted by Crippen LogP contribution is -2.46. The van der Waals surface area contributed by atoms with Crippen molar-refractivity contribution in [2.75, 3.05) is 13.1 Å². The molecule has 1 heterocycles. The van der Waals surface area contributed by atoms with Crippen molar-refractivity contribution in [1.29, 1.82) is 0 Å². The van der Waals surface area contributed by atoms with Gasteiger partial charge in [-0.1, -0.05) is 23.8 Å². The summed E-state index contributed by atoms with van der Waals surface area (Å²) in [5.74, 6) is -1.08. The summed E-state index contributed by atoms with van der Waals surface area (Å²) in [6.07, 6.45) is 2.42. The van der Waals surface area contributed by atoms with E-state index in [4.69, 9.17) is 5.11 Å². The number of aryl methyl sites for hydroxylation is 3. The maximum atomic E-state index is 12.2. The van der Waals surface area contributed by atoms with Crippen molar-refractivity contribution in [3.63, 3.8) is 0 Å². The molecule has 23 heavy (non-hydrogen) atoms. The van der Waals surface area contributed by atoms with Gasteiger partial charge in [-0.05, 0) is 50.7 Å². The van der Waals surface area contributed by atoms with Crippen LogP contribution in [-0.2, 0) is 21.4 Å². The van der Waals surface area contributed by atoms with Gasteiger partial charge in [-0.2, -0.15) is 12.7 Å². The lowest BCUT2D eigenvalue weighted by Gasteiger charge is -2.21. The van der Waals surface area contributed by atoms with Crippen LogP contribution in [0.1, 0.15) is 36.0 Å². The van der Waals surface area contributed by atoms with Gasteiger partial charge < -0.3 is 5.11 Å². The predicted molar refractivity (Wildman–Crippen MR) is 88.5 cm³/mol. The highest BCUT2D eigenvalue weighted by Crippen LogP contribution is 2.20. The third kappa shape index (κ3) is 4.53. The highest BCUT2D eigenvalue weighted by molar-refractivity contribution is 7.87. The zero-order chi connectivity index (χ0) is 17.0. The zero-order valence-corrected chi connectivity index (χ0v) is 14.4. The fraction of sp³-hybridized carbons (Fsp3) is 0.562. The van der Waals surface area contributed by atoms with Crippen molar-refractivity contribution in [3.8, 4) is 0 Å². The number of carboxylic acids is 1. The Hall–Kier alpha value is -1.44. The normalized spacial score (nSPS) is 19.1. The summed E-state index contributed by atoms with van der Waals surface area (Å²) in [6.45, 7) is 4.66. The molecule has 0 spiro atoms. The maximum Gasteiger partial charge on any atom is 0.322 e. The zero-order valence-electron chi connectivity index (χ0n) is 13.6. The molecule has 128 valence electrons. The number of hydrogen-bond donors (Lipinski definition) is 2. The highest BCUT2D eigenvalue weighted by atomic mass is 32.2. The van der Waals surface area contributed by atoms with E-state index < -0.39 is 22.2 Å². The fourth-order valence-electron chi connectivity index (χ4n) is 2.96. The predicted octanol–water partition coefficient (Wildman–Crippen LogP) is 1.62. The number of hydrogen-bond acceptors (Lipinski definition) is 3. The van der Waals surface area contributed by atoms with E-state index in [0.29, 0.717) is 25.8 Å². The van der Waals surface area contributed by atoms with E-state index in [-0.39, 0.29) is 6.54 Å². The average molecular weight is 340 g/mol. The van der Waals surface area contributed by atoms with Crippen LogP contribution in [0.25, 0.3) is 0 Å². The summed E-state index contributed by atoms with van der Waals surface area (Å²) in [6, 6.07) is 5.29. The molecule has 1 aromatic rings. The van der Waals surface area contributed by atoms with E-state index in [1.54, 1.807) is 0 Å². The number of carbonyl (C=O) groups is 1. The Kier molecular flexibility index (Phi) is 5.78. The second-order valence-corrected chi connectivity index (χ2v) is 7.75. The molecule has 0 aliphatic carbocycles. The van der Waals surface area contributed by atoms with Crippen LogP contribution in [0.2, 0.25) is 0 Å². The molecule has 1 fully saturated rings. The van der Waals surface area contributed by atoms with Crippen LogP contribution >= 0.6 is 0 Å². The van der Waals surface area contributed by atoms with E-state index in [0.717, 1.165) is 10.7 Å². The molecule has 1 aliphatic rings. The largest absolute Gasteiger partial charge is 0.480 e. The molecule has 2 rings (SSSR count). The number of benzene rings is 1. The van der Waals surface area contributed by atoms with Gasteiger partial charge in [0.1, 0.15) is 6.04 Å².